The van der Waals surface area contributed by atoms with Crippen molar-refractivity contribution in [1.82, 2.24) is 10.2 Å². The maximum Gasteiger partial charge on any atom is 0.337 e. The van der Waals surface area contributed by atoms with Crippen molar-refractivity contribution in [1.29, 1.82) is 0 Å². The first kappa shape index (κ1) is 7.94. The molecule has 0 fully saturated rings. The van der Waals surface area contributed by atoms with E-state index in [9.17, 15) is 4.79 Å². The fraction of sp³-hybridized carbons (Fsp3) is 0.167. The van der Waals surface area contributed by atoms with Crippen molar-refractivity contribution in [3.8, 4) is 0 Å². The molecule has 0 bridgehead atoms. The zero-order valence-electron chi connectivity index (χ0n) is 5.71. The number of carbonyl (C=O) groups is 1. The van der Waals surface area contributed by atoms with Gasteiger partial charge in [-0.25, -0.2) is 4.79 Å². The van der Waals surface area contributed by atoms with Gasteiger partial charge in [-0.05, 0) is 13.0 Å². The van der Waals surface area contributed by atoms with Gasteiger partial charge in [0.1, 0.15) is 0 Å². The Morgan fingerprint density at radius 3 is 2.73 bits per heavy atom. The van der Waals surface area contributed by atoms with E-state index in [1.165, 1.54) is 6.07 Å². The van der Waals surface area contributed by atoms with Crippen molar-refractivity contribution in [2.24, 2.45) is 0 Å². The Morgan fingerprint density at radius 2 is 2.27 bits per heavy atom. The molecule has 0 spiro atoms. The molecular formula is C6H5ClN2O2. The lowest BCUT2D eigenvalue weighted by Crippen LogP contribution is -2.02. The third-order valence-electron chi connectivity index (χ3n) is 1.18. The van der Waals surface area contributed by atoms with Crippen molar-refractivity contribution in [3.63, 3.8) is 0 Å². The molecule has 11 heavy (non-hydrogen) atoms. The van der Waals surface area contributed by atoms with Crippen LogP contribution in [0.3, 0.4) is 0 Å². The summed E-state index contributed by atoms with van der Waals surface area (Å²) in [7, 11) is 0. The van der Waals surface area contributed by atoms with Gasteiger partial charge in [0.25, 0.3) is 0 Å². The number of aryl methyl sites for hydroxylation is 1. The maximum absolute atomic E-state index is 10.4. The Bertz CT molecular complexity index is 301. The average Bonchev–Trinajstić information content (AvgIpc) is 1.94. The van der Waals surface area contributed by atoms with Crippen molar-refractivity contribution in [2.75, 3.05) is 0 Å². The maximum atomic E-state index is 10.4. The molecule has 1 heterocycles. The summed E-state index contributed by atoms with van der Waals surface area (Å²) in [6, 6.07) is 1.27. The minimum Gasteiger partial charge on any atom is -0.478 e. The number of halogens is 1. The van der Waals surface area contributed by atoms with Gasteiger partial charge in [0.2, 0.25) is 0 Å². The van der Waals surface area contributed by atoms with Crippen LogP contribution in [0.4, 0.5) is 0 Å². The molecule has 0 saturated heterocycles. The van der Waals surface area contributed by atoms with E-state index in [-0.39, 0.29) is 10.7 Å². The molecule has 1 aromatic rings. The van der Waals surface area contributed by atoms with Gasteiger partial charge in [0.15, 0.2) is 5.15 Å². The molecular weight excluding hydrogens is 168 g/mol. The van der Waals surface area contributed by atoms with E-state index >= 15 is 0 Å². The van der Waals surface area contributed by atoms with Crippen molar-refractivity contribution in [3.05, 3.63) is 22.5 Å². The first-order valence-corrected chi connectivity index (χ1v) is 3.22. The van der Waals surface area contributed by atoms with E-state index in [4.69, 9.17) is 16.7 Å². The van der Waals surface area contributed by atoms with Crippen LogP contribution in [-0.4, -0.2) is 21.3 Å². The van der Waals surface area contributed by atoms with Crippen LogP contribution in [0.5, 0.6) is 0 Å². The predicted molar refractivity (Wildman–Crippen MR) is 38.7 cm³/mol. The molecule has 0 atom stereocenters. The molecule has 58 valence electrons. The van der Waals surface area contributed by atoms with E-state index in [1.54, 1.807) is 6.92 Å². The van der Waals surface area contributed by atoms with Crippen LogP contribution in [0.15, 0.2) is 6.07 Å². The first-order chi connectivity index (χ1) is 5.11. The van der Waals surface area contributed by atoms with Gasteiger partial charge in [-0.1, -0.05) is 11.6 Å². The number of hydrogen-bond acceptors (Lipinski definition) is 3. The molecule has 0 saturated carbocycles. The standard InChI is InChI=1S/C6H5ClN2O2/c1-3-4(6(10)11)2-5(7)9-8-3/h2H,1H3,(H,10,11). The van der Waals surface area contributed by atoms with Gasteiger partial charge in [0, 0.05) is 0 Å². The summed E-state index contributed by atoms with van der Waals surface area (Å²) >= 11 is 5.42. The Morgan fingerprint density at radius 1 is 1.64 bits per heavy atom. The second kappa shape index (κ2) is 2.84. The summed E-state index contributed by atoms with van der Waals surface area (Å²) in [5.41, 5.74) is 0.451. The Kier molecular flexibility index (Phi) is 2.05. The quantitative estimate of drug-likeness (QED) is 0.690. The average molecular weight is 173 g/mol. The zero-order valence-corrected chi connectivity index (χ0v) is 6.46. The highest BCUT2D eigenvalue weighted by atomic mass is 35.5. The monoisotopic (exact) mass is 172 g/mol. The minimum atomic E-state index is -1.04. The Hall–Kier alpha value is -1.16. The second-order valence-corrected chi connectivity index (χ2v) is 2.36. The molecule has 0 unspecified atom stereocenters. The van der Waals surface area contributed by atoms with Gasteiger partial charge in [0.05, 0.1) is 11.3 Å². The van der Waals surface area contributed by atoms with Crippen LogP contribution >= 0.6 is 11.6 Å². The fourth-order valence-electron chi connectivity index (χ4n) is 0.646. The summed E-state index contributed by atoms with van der Waals surface area (Å²) in [5.74, 6) is -1.04. The van der Waals surface area contributed by atoms with Gasteiger partial charge in [-0.2, -0.15) is 5.10 Å². The second-order valence-electron chi connectivity index (χ2n) is 1.97. The summed E-state index contributed by atoms with van der Waals surface area (Å²) in [4.78, 5) is 10.4. The molecule has 1 N–H and O–H groups in total. The number of nitrogens with zero attached hydrogens (tertiary/aromatic N) is 2. The van der Waals surface area contributed by atoms with Gasteiger partial charge in [-0.3, -0.25) is 0 Å². The molecule has 0 amide bonds. The molecule has 0 aliphatic rings. The van der Waals surface area contributed by atoms with E-state index in [0.717, 1.165) is 0 Å². The minimum absolute atomic E-state index is 0.0880. The number of hydrogen-bond donors (Lipinski definition) is 1. The highest BCUT2D eigenvalue weighted by molar-refractivity contribution is 6.29. The lowest BCUT2D eigenvalue weighted by molar-refractivity contribution is 0.0695. The summed E-state index contributed by atoms with van der Waals surface area (Å²) in [5, 5.41) is 15.7. The van der Waals surface area contributed by atoms with Crippen molar-refractivity contribution < 1.29 is 9.90 Å². The number of aromatic nitrogens is 2. The highest BCUT2D eigenvalue weighted by Crippen LogP contribution is 2.08. The molecule has 1 aromatic heterocycles. The molecule has 0 aliphatic heterocycles. The van der Waals surface area contributed by atoms with Crippen LogP contribution < -0.4 is 0 Å². The van der Waals surface area contributed by atoms with Crippen LogP contribution in [-0.2, 0) is 0 Å². The number of carboxylic acids is 1. The van der Waals surface area contributed by atoms with E-state index in [2.05, 4.69) is 10.2 Å². The molecule has 4 nitrogen and oxygen atoms in total. The topological polar surface area (TPSA) is 63.1 Å². The molecule has 0 aliphatic carbocycles. The third-order valence-corrected chi connectivity index (χ3v) is 1.36. The molecule has 0 radical (unpaired) electrons. The van der Waals surface area contributed by atoms with Gasteiger partial charge >= 0.3 is 5.97 Å². The number of aromatic carboxylic acids is 1. The molecule has 5 heteroatoms. The van der Waals surface area contributed by atoms with Crippen LogP contribution in [0.2, 0.25) is 5.15 Å². The first-order valence-electron chi connectivity index (χ1n) is 2.84. The third kappa shape index (κ3) is 1.65. The van der Waals surface area contributed by atoms with Crippen LogP contribution in [0.1, 0.15) is 16.1 Å². The summed E-state index contributed by atoms with van der Waals surface area (Å²) in [6.45, 7) is 1.56. The lowest BCUT2D eigenvalue weighted by atomic mass is 10.2. The highest BCUT2D eigenvalue weighted by Gasteiger charge is 2.08. The van der Waals surface area contributed by atoms with E-state index in [1.807, 2.05) is 0 Å². The largest absolute Gasteiger partial charge is 0.478 e. The van der Waals surface area contributed by atoms with Gasteiger partial charge in [-0.15, -0.1) is 5.10 Å². The van der Waals surface area contributed by atoms with Crippen LogP contribution in [0.25, 0.3) is 0 Å². The molecule has 1 rings (SSSR count). The zero-order chi connectivity index (χ0) is 8.43. The van der Waals surface area contributed by atoms with Crippen molar-refractivity contribution in [2.45, 2.75) is 6.92 Å². The Labute approximate surface area is 67.8 Å². The van der Waals surface area contributed by atoms with E-state index in [0.29, 0.717) is 5.69 Å². The molecule has 0 aromatic carbocycles. The summed E-state index contributed by atoms with van der Waals surface area (Å²) < 4.78 is 0. The SMILES string of the molecule is Cc1nnc(Cl)cc1C(=O)O. The summed E-state index contributed by atoms with van der Waals surface area (Å²) in [6.07, 6.45) is 0. The van der Waals surface area contributed by atoms with E-state index < -0.39 is 5.97 Å². The number of rotatable bonds is 1. The number of carboxylic acid groups (broad SMARTS) is 1. The normalized spacial score (nSPS) is 9.64. The smallest absolute Gasteiger partial charge is 0.337 e. The van der Waals surface area contributed by atoms with Crippen LogP contribution in [0, 0.1) is 6.92 Å². The Balaban J connectivity index is 3.23. The van der Waals surface area contributed by atoms with Gasteiger partial charge < -0.3 is 5.11 Å². The fourth-order valence-corrected chi connectivity index (χ4v) is 0.792. The predicted octanol–water partition coefficient (Wildman–Crippen LogP) is 1.14. The lowest BCUT2D eigenvalue weighted by Gasteiger charge is -1.96. The van der Waals surface area contributed by atoms with Crippen molar-refractivity contribution >= 4 is 17.6 Å².